The molecular weight excluding hydrogens is 377 g/mol. The standard InChI is InChI=1S/C17H18ClN5O2.ClH/c1-24-13-8-3-10(9-14(13)25-2)15-21-16(19)22-17(20)23(15)12-6-4-11(18)5-7-12;/h3-9,15H,1-2H3,(H4,19,20,21,22);1H. The van der Waals surface area contributed by atoms with Crippen molar-refractivity contribution in [1.82, 2.24) is 5.32 Å². The molecule has 0 radical (unpaired) electrons. The van der Waals surface area contributed by atoms with Crippen molar-refractivity contribution in [2.75, 3.05) is 14.2 Å². The second kappa shape index (κ2) is 8.16. The van der Waals surface area contributed by atoms with Crippen molar-refractivity contribution in [3.05, 3.63) is 53.1 Å². The second-order valence-corrected chi connectivity index (χ2v) is 5.80. The molecule has 0 aromatic heterocycles. The molecule has 9 heteroatoms. The summed E-state index contributed by atoms with van der Waals surface area (Å²) in [6.45, 7) is 0. The molecule has 0 amide bonds. The highest BCUT2D eigenvalue weighted by atomic mass is 35.5. The van der Waals surface area contributed by atoms with Crippen molar-refractivity contribution in [2.45, 2.75) is 6.17 Å². The highest BCUT2D eigenvalue weighted by molar-refractivity contribution is 6.30. The van der Waals surface area contributed by atoms with E-state index in [1.165, 1.54) is 0 Å². The van der Waals surface area contributed by atoms with Crippen molar-refractivity contribution >= 4 is 29.2 Å². The fourth-order valence-electron chi connectivity index (χ4n) is 2.66. The zero-order chi connectivity index (χ0) is 18.0. The predicted molar refractivity (Wildman–Crippen MR) is 97.6 cm³/mol. The van der Waals surface area contributed by atoms with E-state index in [0.717, 1.165) is 11.3 Å². The van der Waals surface area contributed by atoms with Gasteiger partial charge in [-0.3, -0.25) is 5.73 Å². The fourth-order valence-corrected chi connectivity index (χ4v) is 2.79. The molecule has 1 unspecified atom stereocenters. The lowest BCUT2D eigenvalue weighted by atomic mass is 10.1. The summed E-state index contributed by atoms with van der Waals surface area (Å²) in [7, 11) is 3.17. The first-order chi connectivity index (χ1) is 12.0. The number of hydrogen-bond acceptors (Lipinski definition) is 6. The summed E-state index contributed by atoms with van der Waals surface area (Å²) in [6.07, 6.45) is -0.456. The third-order valence-corrected chi connectivity index (χ3v) is 4.08. The van der Waals surface area contributed by atoms with Crippen molar-refractivity contribution in [3.8, 4) is 11.5 Å². The maximum Gasteiger partial charge on any atom is 0.357 e. The molecule has 26 heavy (non-hydrogen) atoms. The van der Waals surface area contributed by atoms with Crippen LogP contribution in [0.5, 0.6) is 11.5 Å². The maximum atomic E-state index is 6.18. The normalized spacial score (nSPS) is 16.3. The van der Waals surface area contributed by atoms with Crippen molar-refractivity contribution in [2.24, 2.45) is 16.5 Å². The smallest absolute Gasteiger partial charge is 0.357 e. The zero-order valence-electron chi connectivity index (χ0n) is 14.2. The number of nitrogens with one attached hydrogen (secondary N) is 1. The van der Waals surface area contributed by atoms with E-state index in [1.807, 2.05) is 34.9 Å². The first-order valence-corrected chi connectivity index (χ1v) is 7.90. The minimum atomic E-state index is -0.456. The summed E-state index contributed by atoms with van der Waals surface area (Å²) < 4.78 is 12.5. The van der Waals surface area contributed by atoms with E-state index >= 15 is 0 Å². The Kier molecular flexibility index (Phi) is 6.18. The minimum absolute atomic E-state index is 0. The van der Waals surface area contributed by atoms with Gasteiger partial charge in [0.1, 0.15) is 5.69 Å². The van der Waals surface area contributed by atoms with Crippen LogP contribution in [0.2, 0.25) is 5.02 Å². The summed E-state index contributed by atoms with van der Waals surface area (Å²) in [5.74, 6) is 1.84. The lowest BCUT2D eigenvalue weighted by Gasteiger charge is -2.23. The molecule has 0 saturated carbocycles. The lowest BCUT2D eigenvalue weighted by Crippen LogP contribution is -3.00. The van der Waals surface area contributed by atoms with Crippen molar-refractivity contribution in [3.63, 3.8) is 0 Å². The highest BCUT2D eigenvalue weighted by Crippen LogP contribution is 2.34. The monoisotopic (exact) mass is 395 g/mol. The Hall–Kier alpha value is -2.64. The van der Waals surface area contributed by atoms with Crippen LogP contribution in [0.25, 0.3) is 0 Å². The molecule has 1 aliphatic heterocycles. The molecular formula is C17H19Cl2N5O2. The van der Waals surface area contributed by atoms with Crippen LogP contribution in [0.4, 0.5) is 5.69 Å². The van der Waals surface area contributed by atoms with Crippen LogP contribution in [0.15, 0.2) is 47.5 Å². The van der Waals surface area contributed by atoms with E-state index in [-0.39, 0.29) is 18.4 Å². The molecule has 7 nitrogen and oxygen atoms in total. The van der Waals surface area contributed by atoms with Crippen LogP contribution >= 0.6 is 11.6 Å². The topological polar surface area (TPSA) is 97.9 Å². The number of aliphatic imine (C=N–C) groups is 1. The van der Waals surface area contributed by atoms with Gasteiger partial charge in [0.2, 0.25) is 6.17 Å². The SMILES string of the molecule is COc1ccc(C2N=C(N)NC(N)=[N+]2c2ccc(Cl)cc2)cc1OC.[Cl-]. The van der Waals surface area contributed by atoms with Gasteiger partial charge in [-0.05, 0) is 42.5 Å². The number of hydrogen-bond donors (Lipinski definition) is 3. The molecule has 2 aromatic carbocycles. The number of nitrogens with two attached hydrogens (primary N) is 2. The minimum Gasteiger partial charge on any atom is -1.00 e. The molecule has 1 atom stereocenters. The number of nitrogens with zero attached hydrogens (tertiary/aromatic N) is 2. The second-order valence-electron chi connectivity index (χ2n) is 5.36. The van der Waals surface area contributed by atoms with Gasteiger partial charge in [-0.1, -0.05) is 11.6 Å². The zero-order valence-corrected chi connectivity index (χ0v) is 15.8. The van der Waals surface area contributed by atoms with Crippen molar-refractivity contribution in [1.29, 1.82) is 0 Å². The van der Waals surface area contributed by atoms with Gasteiger partial charge < -0.3 is 27.6 Å². The molecule has 3 rings (SSSR count). The average molecular weight is 396 g/mol. The van der Waals surface area contributed by atoms with Crippen LogP contribution < -0.4 is 38.7 Å². The fraction of sp³-hybridized carbons (Fsp3) is 0.176. The number of benzene rings is 2. The number of ether oxygens (including phenoxy) is 2. The summed E-state index contributed by atoms with van der Waals surface area (Å²) in [5, 5.41) is 3.49. The highest BCUT2D eigenvalue weighted by Gasteiger charge is 2.29. The van der Waals surface area contributed by atoms with Gasteiger partial charge in [0.25, 0.3) is 5.96 Å². The quantitative estimate of drug-likeness (QED) is 0.573. The maximum absolute atomic E-state index is 6.18. The van der Waals surface area contributed by atoms with Crippen LogP contribution in [0, 0.1) is 0 Å². The van der Waals surface area contributed by atoms with Gasteiger partial charge in [-0.2, -0.15) is 4.99 Å². The molecule has 0 bridgehead atoms. The van der Waals surface area contributed by atoms with Gasteiger partial charge in [-0.15, -0.1) is 0 Å². The Labute approximate surface area is 162 Å². The summed E-state index contributed by atoms with van der Waals surface area (Å²) in [5.41, 5.74) is 13.7. The van der Waals surface area contributed by atoms with Crippen LogP contribution in [0.1, 0.15) is 11.7 Å². The number of halogens is 2. The van der Waals surface area contributed by atoms with E-state index in [4.69, 9.17) is 32.5 Å². The van der Waals surface area contributed by atoms with E-state index in [1.54, 1.807) is 26.4 Å². The molecule has 138 valence electrons. The van der Waals surface area contributed by atoms with Crippen LogP contribution in [-0.4, -0.2) is 30.7 Å². The Balaban J connectivity index is 0.00000243. The molecule has 0 spiro atoms. The van der Waals surface area contributed by atoms with Gasteiger partial charge in [0.05, 0.1) is 14.2 Å². The Morgan fingerprint density at radius 3 is 2.31 bits per heavy atom. The van der Waals surface area contributed by atoms with Gasteiger partial charge in [0, 0.05) is 10.6 Å². The molecule has 1 heterocycles. The summed E-state index contributed by atoms with van der Waals surface area (Å²) in [6, 6.07) is 12.9. The van der Waals surface area contributed by atoms with Crippen LogP contribution in [-0.2, 0) is 0 Å². The number of methoxy groups -OCH3 is 2. The third kappa shape index (κ3) is 3.79. The molecule has 1 aliphatic rings. The predicted octanol–water partition coefficient (Wildman–Crippen LogP) is -1.06. The van der Waals surface area contributed by atoms with E-state index in [9.17, 15) is 0 Å². The van der Waals surface area contributed by atoms with Crippen molar-refractivity contribution < 1.29 is 26.5 Å². The van der Waals surface area contributed by atoms with E-state index in [2.05, 4.69) is 10.3 Å². The van der Waals surface area contributed by atoms with Crippen LogP contribution in [0.3, 0.4) is 0 Å². The Morgan fingerprint density at radius 1 is 1.04 bits per heavy atom. The van der Waals surface area contributed by atoms with E-state index < -0.39 is 6.17 Å². The summed E-state index contributed by atoms with van der Waals surface area (Å²) in [4.78, 5) is 4.49. The molecule has 0 saturated heterocycles. The summed E-state index contributed by atoms with van der Waals surface area (Å²) >= 11 is 5.99. The molecule has 2 aromatic rings. The third-order valence-electron chi connectivity index (χ3n) is 3.83. The number of guanidine groups is 2. The largest absolute Gasteiger partial charge is 1.00 e. The van der Waals surface area contributed by atoms with Gasteiger partial charge >= 0.3 is 5.96 Å². The van der Waals surface area contributed by atoms with E-state index in [0.29, 0.717) is 22.5 Å². The van der Waals surface area contributed by atoms with Gasteiger partial charge in [-0.25, -0.2) is 9.89 Å². The Bertz CT molecular complexity index is 853. The van der Waals surface area contributed by atoms with Gasteiger partial charge in [0.15, 0.2) is 11.5 Å². The lowest BCUT2D eigenvalue weighted by molar-refractivity contribution is -0.494. The molecule has 0 fully saturated rings. The molecule has 5 N–H and O–H groups in total. The molecule has 0 aliphatic carbocycles. The first-order valence-electron chi connectivity index (χ1n) is 7.53. The first kappa shape index (κ1) is 19.7. The average Bonchev–Trinajstić information content (AvgIpc) is 2.61. The Morgan fingerprint density at radius 2 is 1.69 bits per heavy atom. The number of rotatable bonds is 4.